The molecule has 1 aromatic carbocycles. The zero-order chi connectivity index (χ0) is 14.1. The van der Waals surface area contributed by atoms with Gasteiger partial charge in [-0.2, -0.15) is 13.2 Å². The van der Waals surface area contributed by atoms with Crippen LogP contribution in [-0.4, -0.2) is 21.9 Å². The lowest BCUT2D eigenvalue weighted by Crippen LogP contribution is -2.31. The molecule has 0 aliphatic heterocycles. The zero-order valence-corrected chi connectivity index (χ0v) is 8.49. The molecule has 0 heterocycles. The SMILES string of the molecule is O=C(O)C(F)(F)Cc1c(F)ccc([N+](=O)[O-])c1F. The predicted octanol–water partition coefficient (Wildman–Crippen LogP) is 2.14. The second-order valence-corrected chi connectivity index (χ2v) is 3.30. The van der Waals surface area contributed by atoms with Gasteiger partial charge in [-0.1, -0.05) is 0 Å². The lowest BCUT2D eigenvalue weighted by atomic mass is 10.0. The van der Waals surface area contributed by atoms with Crippen LogP contribution in [0.2, 0.25) is 0 Å². The highest BCUT2D eigenvalue weighted by molar-refractivity contribution is 5.75. The van der Waals surface area contributed by atoms with E-state index in [-0.39, 0.29) is 0 Å². The maximum atomic E-state index is 13.4. The summed E-state index contributed by atoms with van der Waals surface area (Å²) < 4.78 is 52.1. The van der Waals surface area contributed by atoms with E-state index in [9.17, 15) is 32.5 Å². The summed E-state index contributed by atoms with van der Waals surface area (Å²) in [5.74, 6) is -10.3. The first-order valence-electron chi connectivity index (χ1n) is 4.39. The second-order valence-electron chi connectivity index (χ2n) is 3.30. The fourth-order valence-corrected chi connectivity index (χ4v) is 1.19. The maximum Gasteiger partial charge on any atom is 0.374 e. The number of aliphatic carboxylic acids is 1. The summed E-state index contributed by atoms with van der Waals surface area (Å²) >= 11 is 0. The van der Waals surface area contributed by atoms with Gasteiger partial charge in [-0.05, 0) is 6.07 Å². The van der Waals surface area contributed by atoms with Crippen LogP contribution >= 0.6 is 0 Å². The zero-order valence-electron chi connectivity index (χ0n) is 8.49. The smallest absolute Gasteiger partial charge is 0.374 e. The van der Waals surface area contributed by atoms with Crippen LogP contribution in [0.15, 0.2) is 12.1 Å². The number of nitro benzene ring substituents is 1. The van der Waals surface area contributed by atoms with Crippen molar-refractivity contribution >= 4 is 11.7 Å². The van der Waals surface area contributed by atoms with E-state index in [1.165, 1.54) is 0 Å². The molecular formula is C9H5F4NO4. The van der Waals surface area contributed by atoms with Crippen molar-refractivity contribution in [3.8, 4) is 0 Å². The van der Waals surface area contributed by atoms with Crippen LogP contribution in [0.1, 0.15) is 5.56 Å². The number of carbonyl (C=O) groups is 1. The monoisotopic (exact) mass is 267 g/mol. The lowest BCUT2D eigenvalue weighted by Gasteiger charge is -2.12. The molecule has 0 saturated carbocycles. The van der Waals surface area contributed by atoms with E-state index in [1.54, 1.807) is 0 Å². The third kappa shape index (κ3) is 2.55. The molecule has 1 aromatic rings. The Morgan fingerprint density at radius 2 is 1.94 bits per heavy atom. The van der Waals surface area contributed by atoms with Crippen molar-refractivity contribution < 1.29 is 32.4 Å². The van der Waals surface area contributed by atoms with Gasteiger partial charge in [-0.25, -0.2) is 9.18 Å². The number of halogens is 4. The van der Waals surface area contributed by atoms with Crippen LogP contribution < -0.4 is 0 Å². The summed E-state index contributed by atoms with van der Waals surface area (Å²) in [4.78, 5) is 19.2. The molecule has 0 aliphatic rings. The summed E-state index contributed by atoms with van der Waals surface area (Å²) in [6.07, 6.45) is -1.80. The number of rotatable bonds is 4. The highest BCUT2D eigenvalue weighted by atomic mass is 19.3. The number of hydrogen-bond acceptors (Lipinski definition) is 3. The van der Waals surface area contributed by atoms with Crippen molar-refractivity contribution in [3.05, 3.63) is 39.4 Å². The topological polar surface area (TPSA) is 80.4 Å². The molecule has 0 bridgehead atoms. The van der Waals surface area contributed by atoms with Gasteiger partial charge in [-0.3, -0.25) is 10.1 Å². The molecular weight excluding hydrogens is 262 g/mol. The maximum absolute atomic E-state index is 13.4. The van der Waals surface area contributed by atoms with E-state index >= 15 is 0 Å². The van der Waals surface area contributed by atoms with E-state index in [4.69, 9.17) is 5.11 Å². The van der Waals surface area contributed by atoms with E-state index in [0.29, 0.717) is 12.1 Å². The van der Waals surface area contributed by atoms with Crippen molar-refractivity contribution in [3.63, 3.8) is 0 Å². The highest BCUT2D eigenvalue weighted by Crippen LogP contribution is 2.28. The van der Waals surface area contributed by atoms with Gasteiger partial charge in [0.1, 0.15) is 5.82 Å². The normalized spacial score (nSPS) is 11.3. The van der Waals surface area contributed by atoms with Gasteiger partial charge in [-0.15, -0.1) is 0 Å². The Balaban J connectivity index is 3.29. The Bertz CT molecular complexity index is 518. The molecule has 0 unspecified atom stereocenters. The Morgan fingerprint density at radius 1 is 1.39 bits per heavy atom. The number of carboxylic acid groups (broad SMARTS) is 1. The molecule has 5 nitrogen and oxygen atoms in total. The predicted molar refractivity (Wildman–Crippen MR) is 49.3 cm³/mol. The molecule has 0 atom stereocenters. The van der Waals surface area contributed by atoms with Crippen LogP contribution in [0, 0.1) is 21.7 Å². The minimum atomic E-state index is -4.42. The average Bonchev–Trinajstić information content (AvgIpc) is 2.23. The van der Waals surface area contributed by atoms with E-state index in [2.05, 4.69) is 0 Å². The summed E-state index contributed by atoms with van der Waals surface area (Å²) in [6, 6.07) is 0.890. The number of nitro groups is 1. The molecule has 0 saturated heterocycles. The number of alkyl halides is 2. The molecule has 0 spiro atoms. The van der Waals surface area contributed by atoms with Crippen LogP contribution in [0.3, 0.4) is 0 Å². The first-order chi connectivity index (χ1) is 8.16. The molecule has 0 aromatic heterocycles. The van der Waals surface area contributed by atoms with Gasteiger partial charge in [0, 0.05) is 11.6 Å². The number of hydrogen-bond donors (Lipinski definition) is 1. The van der Waals surface area contributed by atoms with Crippen LogP contribution in [-0.2, 0) is 11.2 Å². The summed E-state index contributed by atoms with van der Waals surface area (Å²) in [6.45, 7) is 0. The van der Waals surface area contributed by atoms with Crippen molar-refractivity contribution in [2.24, 2.45) is 0 Å². The Kier molecular flexibility index (Phi) is 3.54. The standard InChI is InChI=1S/C9H5F4NO4/c10-5-1-2-6(14(17)18)7(11)4(5)3-9(12,13)8(15)16/h1-2H,3H2,(H,15,16). The van der Waals surface area contributed by atoms with Crippen LogP contribution in [0.25, 0.3) is 0 Å². The van der Waals surface area contributed by atoms with E-state index in [0.717, 1.165) is 0 Å². The number of nitrogens with zero attached hydrogens (tertiary/aromatic N) is 1. The molecule has 0 radical (unpaired) electrons. The van der Waals surface area contributed by atoms with Gasteiger partial charge >= 0.3 is 17.6 Å². The van der Waals surface area contributed by atoms with Crippen molar-refractivity contribution in [1.82, 2.24) is 0 Å². The molecule has 1 rings (SSSR count). The van der Waals surface area contributed by atoms with Crippen LogP contribution in [0.4, 0.5) is 23.2 Å². The second kappa shape index (κ2) is 4.59. The quantitative estimate of drug-likeness (QED) is 0.514. The average molecular weight is 267 g/mol. The molecule has 0 amide bonds. The van der Waals surface area contributed by atoms with Gasteiger partial charge in [0.15, 0.2) is 0 Å². The van der Waals surface area contributed by atoms with E-state index < -0.39 is 46.1 Å². The molecule has 1 N–H and O–H groups in total. The number of carboxylic acids is 1. The van der Waals surface area contributed by atoms with Crippen LogP contribution in [0.5, 0.6) is 0 Å². The fraction of sp³-hybridized carbons (Fsp3) is 0.222. The van der Waals surface area contributed by atoms with Gasteiger partial charge < -0.3 is 5.11 Å². The van der Waals surface area contributed by atoms with Gasteiger partial charge in [0.25, 0.3) is 0 Å². The Hall–Kier alpha value is -2.19. The number of benzene rings is 1. The highest BCUT2D eigenvalue weighted by Gasteiger charge is 2.41. The molecule has 0 aliphatic carbocycles. The summed E-state index contributed by atoms with van der Waals surface area (Å²) in [5.41, 5.74) is -2.54. The third-order valence-corrected chi connectivity index (χ3v) is 2.07. The molecule has 0 fully saturated rings. The Labute approximate surface area is 96.8 Å². The molecule has 9 heteroatoms. The summed E-state index contributed by atoms with van der Waals surface area (Å²) in [5, 5.41) is 18.5. The third-order valence-electron chi connectivity index (χ3n) is 2.07. The lowest BCUT2D eigenvalue weighted by molar-refractivity contribution is -0.387. The Morgan fingerprint density at radius 3 is 2.39 bits per heavy atom. The minimum absolute atomic E-state index is 0.425. The summed E-state index contributed by atoms with van der Waals surface area (Å²) in [7, 11) is 0. The minimum Gasteiger partial charge on any atom is -0.477 e. The van der Waals surface area contributed by atoms with Gasteiger partial charge in [0.05, 0.1) is 11.3 Å². The van der Waals surface area contributed by atoms with Gasteiger partial charge in [0.2, 0.25) is 5.82 Å². The fourth-order valence-electron chi connectivity index (χ4n) is 1.19. The largest absolute Gasteiger partial charge is 0.477 e. The van der Waals surface area contributed by atoms with Crippen molar-refractivity contribution in [2.75, 3.05) is 0 Å². The molecule has 18 heavy (non-hydrogen) atoms. The first-order valence-corrected chi connectivity index (χ1v) is 4.39. The van der Waals surface area contributed by atoms with Crippen molar-refractivity contribution in [2.45, 2.75) is 12.3 Å². The van der Waals surface area contributed by atoms with E-state index in [1.807, 2.05) is 0 Å². The molecule has 98 valence electrons. The van der Waals surface area contributed by atoms with Crippen molar-refractivity contribution in [1.29, 1.82) is 0 Å². The first kappa shape index (κ1) is 13.9.